The molecule has 2 unspecified atom stereocenters. The molecule has 6 rings (SSSR count). The summed E-state index contributed by atoms with van der Waals surface area (Å²) in [5, 5.41) is 3.19. The molecule has 2 bridgehead atoms. The maximum absolute atomic E-state index is 13.6. The van der Waals surface area contributed by atoms with Crippen molar-refractivity contribution in [2.24, 2.45) is 11.8 Å². The number of rotatable bonds is 3. The topological polar surface area (TPSA) is 61.4 Å². The molecule has 1 amide bonds. The van der Waals surface area contributed by atoms with E-state index in [9.17, 15) is 4.79 Å². The van der Waals surface area contributed by atoms with Crippen LogP contribution in [-0.2, 0) is 0 Å². The Kier molecular flexibility index (Phi) is 5.18. The van der Waals surface area contributed by atoms with Crippen LogP contribution in [0.2, 0.25) is 0 Å². The molecule has 0 saturated carbocycles. The van der Waals surface area contributed by atoms with Gasteiger partial charge in [-0.3, -0.25) is 9.69 Å². The highest BCUT2D eigenvalue weighted by Gasteiger charge is 2.46. The summed E-state index contributed by atoms with van der Waals surface area (Å²) >= 11 is 0. The van der Waals surface area contributed by atoms with Crippen LogP contribution in [0.3, 0.4) is 0 Å². The van der Waals surface area contributed by atoms with Gasteiger partial charge in [-0.15, -0.1) is 0 Å². The summed E-state index contributed by atoms with van der Waals surface area (Å²) in [6.07, 6.45) is 13.5. The van der Waals surface area contributed by atoms with E-state index in [0.717, 1.165) is 43.2 Å². The second-order valence-electron chi connectivity index (χ2n) is 9.78. The first-order chi connectivity index (χ1) is 15.8. The van der Waals surface area contributed by atoms with Crippen molar-refractivity contribution in [1.82, 2.24) is 19.8 Å². The first-order valence-electron chi connectivity index (χ1n) is 12.2. The van der Waals surface area contributed by atoms with Gasteiger partial charge in [0.2, 0.25) is 5.95 Å². The molecule has 1 N–H and O–H groups in total. The molecule has 3 aliphatic heterocycles. The third-order valence-corrected chi connectivity index (χ3v) is 7.87. The van der Waals surface area contributed by atoms with Crippen molar-refractivity contribution in [2.45, 2.75) is 50.6 Å². The minimum absolute atomic E-state index is 0.169. The van der Waals surface area contributed by atoms with Crippen molar-refractivity contribution in [3.63, 3.8) is 0 Å². The van der Waals surface area contributed by atoms with E-state index in [4.69, 9.17) is 0 Å². The van der Waals surface area contributed by atoms with Crippen LogP contribution in [-0.4, -0.2) is 57.4 Å². The van der Waals surface area contributed by atoms with Gasteiger partial charge in [0.05, 0.1) is 6.04 Å². The fourth-order valence-electron chi connectivity index (χ4n) is 6.56. The molecule has 1 aromatic carbocycles. The summed E-state index contributed by atoms with van der Waals surface area (Å²) in [6, 6.07) is 10.6. The van der Waals surface area contributed by atoms with E-state index in [1.165, 1.54) is 37.8 Å². The van der Waals surface area contributed by atoms with E-state index in [0.29, 0.717) is 17.8 Å². The Bertz CT molecular complexity index is 1000. The fraction of sp³-hybridized carbons (Fsp3) is 0.500. The average molecular weight is 430 g/mol. The van der Waals surface area contributed by atoms with Crippen LogP contribution in [0.1, 0.15) is 48.9 Å². The van der Waals surface area contributed by atoms with E-state index in [1.54, 1.807) is 18.5 Å². The number of amides is 1. The van der Waals surface area contributed by atoms with E-state index >= 15 is 0 Å². The number of aromatic nitrogens is 2. The number of carbonyl (C=O) groups is 1. The van der Waals surface area contributed by atoms with Crippen molar-refractivity contribution in [3.8, 4) is 0 Å². The summed E-state index contributed by atoms with van der Waals surface area (Å²) in [6.45, 7) is 3.26. The summed E-state index contributed by atoms with van der Waals surface area (Å²) in [5.74, 6) is 2.00. The second kappa shape index (κ2) is 8.32. The van der Waals surface area contributed by atoms with Gasteiger partial charge in [-0.1, -0.05) is 18.1 Å². The van der Waals surface area contributed by atoms with Crippen LogP contribution < -0.4 is 5.32 Å². The number of hydrogen-bond acceptors (Lipinski definition) is 5. The lowest BCUT2D eigenvalue weighted by Gasteiger charge is -2.54. The van der Waals surface area contributed by atoms with Gasteiger partial charge in [-0.05, 0) is 80.8 Å². The number of carbonyl (C=O) groups excluding carboxylic acids is 1. The first-order valence-corrected chi connectivity index (χ1v) is 12.2. The van der Waals surface area contributed by atoms with E-state index < -0.39 is 0 Å². The van der Waals surface area contributed by atoms with Gasteiger partial charge >= 0.3 is 0 Å². The highest BCUT2D eigenvalue weighted by Crippen LogP contribution is 2.45. The Hall–Kier alpha value is -2.73. The van der Waals surface area contributed by atoms with Gasteiger partial charge in [-0.2, -0.15) is 0 Å². The summed E-state index contributed by atoms with van der Waals surface area (Å²) in [7, 11) is 0. The third-order valence-electron chi connectivity index (χ3n) is 7.87. The maximum Gasteiger partial charge on any atom is 0.254 e. The predicted octanol–water partition coefficient (Wildman–Crippen LogP) is 4.26. The Morgan fingerprint density at radius 2 is 1.88 bits per heavy atom. The lowest BCUT2D eigenvalue weighted by molar-refractivity contribution is 0.00148. The van der Waals surface area contributed by atoms with Crippen molar-refractivity contribution in [1.29, 1.82) is 0 Å². The number of benzene rings is 1. The molecule has 0 spiro atoms. The Morgan fingerprint density at radius 1 is 1.03 bits per heavy atom. The minimum Gasteiger partial charge on any atom is -0.332 e. The SMILES string of the molecule is O=C(c1ccc(Nc2ncccn2)cc1)N1CCCC2=C[C@H]3C[C@@H](CN4CCCCC34)C21. The van der Waals surface area contributed by atoms with E-state index in [-0.39, 0.29) is 11.9 Å². The Labute approximate surface area is 189 Å². The second-order valence-corrected chi connectivity index (χ2v) is 9.78. The third kappa shape index (κ3) is 3.60. The monoisotopic (exact) mass is 429 g/mol. The molecule has 32 heavy (non-hydrogen) atoms. The number of anilines is 2. The summed E-state index contributed by atoms with van der Waals surface area (Å²) in [5.41, 5.74) is 3.19. The average Bonchev–Trinajstić information content (AvgIpc) is 2.84. The van der Waals surface area contributed by atoms with Gasteiger partial charge in [-0.25, -0.2) is 9.97 Å². The molecule has 4 aliphatic rings. The van der Waals surface area contributed by atoms with Crippen LogP contribution in [0.15, 0.2) is 54.4 Å². The van der Waals surface area contributed by atoms with Crippen LogP contribution in [0.4, 0.5) is 11.6 Å². The van der Waals surface area contributed by atoms with Crippen molar-refractivity contribution in [2.75, 3.05) is 25.0 Å². The number of hydrogen-bond donors (Lipinski definition) is 1. The molecule has 6 heteroatoms. The fourth-order valence-corrected chi connectivity index (χ4v) is 6.56. The van der Waals surface area contributed by atoms with E-state index in [1.807, 2.05) is 24.3 Å². The van der Waals surface area contributed by atoms with Crippen molar-refractivity contribution >= 4 is 17.5 Å². The smallest absolute Gasteiger partial charge is 0.254 e. The molecule has 2 aromatic rings. The summed E-state index contributed by atoms with van der Waals surface area (Å²) < 4.78 is 0. The summed E-state index contributed by atoms with van der Waals surface area (Å²) in [4.78, 5) is 26.9. The Balaban J connectivity index is 1.22. The molecule has 4 heterocycles. The zero-order valence-electron chi connectivity index (χ0n) is 18.5. The quantitative estimate of drug-likeness (QED) is 0.739. The van der Waals surface area contributed by atoms with Gasteiger partial charge < -0.3 is 10.2 Å². The molecular weight excluding hydrogens is 398 g/mol. The van der Waals surface area contributed by atoms with Gasteiger partial charge in [0, 0.05) is 42.8 Å². The minimum atomic E-state index is 0.169. The standard InChI is InChI=1S/C26H31N5O/c32-25(18-7-9-22(10-8-18)29-26-27-11-4-12-28-26)31-14-3-5-19-15-20-16-21(24(19)31)17-30-13-2-1-6-23(20)30/h4,7-12,15,20-21,23-24H,1-3,5-6,13-14,16-17H2,(H,27,28,29)/t20-,21-,23?,24?/m0/s1. The molecule has 1 aliphatic carbocycles. The molecule has 3 fully saturated rings. The molecule has 4 atom stereocenters. The van der Waals surface area contributed by atoms with Crippen molar-refractivity contribution in [3.05, 3.63) is 59.9 Å². The number of likely N-dealkylation sites (tertiary alicyclic amines) is 1. The van der Waals surface area contributed by atoms with Crippen LogP contribution in [0.25, 0.3) is 0 Å². The lowest BCUT2D eigenvalue weighted by Crippen LogP contribution is -2.60. The van der Waals surface area contributed by atoms with Crippen LogP contribution >= 0.6 is 0 Å². The zero-order valence-corrected chi connectivity index (χ0v) is 18.5. The molecule has 6 nitrogen and oxygen atoms in total. The van der Waals surface area contributed by atoms with Crippen molar-refractivity contribution < 1.29 is 4.79 Å². The number of fused-ring (bicyclic) bond motifs is 6. The first kappa shape index (κ1) is 19.9. The van der Waals surface area contributed by atoms with Gasteiger partial charge in [0.1, 0.15) is 0 Å². The zero-order chi connectivity index (χ0) is 21.5. The number of nitrogens with one attached hydrogen (secondary N) is 1. The maximum atomic E-state index is 13.6. The largest absolute Gasteiger partial charge is 0.332 e. The van der Waals surface area contributed by atoms with Crippen LogP contribution in [0, 0.1) is 11.8 Å². The number of piperidine rings is 3. The molecular formula is C26H31N5O. The lowest BCUT2D eigenvalue weighted by atomic mass is 9.68. The van der Waals surface area contributed by atoms with Crippen LogP contribution in [0.5, 0.6) is 0 Å². The van der Waals surface area contributed by atoms with Gasteiger partial charge in [0.25, 0.3) is 5.91 Å². The molecule has 0 radical (unpaired) electrons. The highest BCUT2D eigenvalue weighted by atomic mass is 16.2. The van der Waals surface area contributed by atoms with Gasteiger partial charge in [0.15, 0.2) is 0 Å². The normalized spacial score (nSPS) is 29.5. The molecule has 1 aromatic heterocycles. The van der Waals surface area contributed by atoms with E-state index in [2.05, 4.69) is 31.2 Å². The molecule has 3 saturated heterocycles. The molecule has 166 valence electrons. The Morgan fingerprint density at radius 3 is 2.72 bits per heavy atom. The predicted molar refractivity (Wildman–Crippen MR) is 125 cm³/mol. The highest BCUT2D eigenvalue weighted by molar-refractivity contribution is 5.95. The number of nitrogens with zero attached hydrogens (tertiary/aromatic N) is 4.